The van der Waals surface area contributed by atoms with Crippen LogP contribution in [0.15, 0.2) is 23.5 Å². The van der Waals surface area contributed by atoms with Gasteiger partial charge in [-0.1, -0.05) is 13.8 Å². The fourth-order valence-electron chi connectivity index (χ4n) is 6.59. The van der Waals surface area contributed by atoms with Crippen molar-refractivity contribution in [3.05, 3.63) is 23.5 Å². The van der Waals surface area contributed by atoms with E-state index in [2.05, 4.69) is 13.8 Å². The van der Waals surface area contributed by atoms with Crippen LogP contribution in [0.25, 0.3) is 0 Å². The number of ether oxygens (including phenoxy) is 4. The molecule has 0 N–H and O–H groups in total. The molecule has 6 atom stereocenters. The van der Waals surface area contributed by atoms with Crippen molar-refractivity contribution in [3.63, 3.8) is 0 Å². The Bertz CT molecular complexity index is 843. The average Bonchev–Trinajstić information content (AvgIpc) is 3.14. The summed E-state index contributed by atoms with van der Waals surface area (Å²) in [5, 5.41) is 0. The fourth-order valence-corrected chi connectivity index (χ4v) is 6.59. The minimum atomic E-state index is -0.477. The summed E-state index contributed by atoms with van der Waals surface area (Å²) in [4.78, 5) is 35.6. The zero-order valence-corrected chi connectivity index (χ0v) is 18.8. The Kier molecular flexibility index (Phi) is 5.64. The van der Waals surface area contributed by atoms with Crippen molar-refractivity contribution in [1.29, 1.82) is 0 Å². The molecule has 170 valence electrons. The number of allylic oxidation sites excluding steroid dienone is 1. The largest absolute Gasteiger partial charge is 0.493 e. The van der Waals surface area contributed by atoms with E-state index in [0.29, 0.717) is 18.6 Å². The minimum absolute atomic E-state index is 0.0826. The van der Waals surface area contributed by atoms with Gasteiger partial charge in [0, 0.05) is 19.3 Å². The van der Waals surface area contributed by atoms with Crippen molar-refractivity contribution in [3.8, 4) is 0 Å². The molecule has 0 saturated heterocycles. The predicted molar refractivity (Wildman–Crippen MR) is 110 cm³/mol. The zero-order chi connectivity index (χ0) is 22.4. The Morgan fingerprint density at radius 2 is 1.97 bits per heavy atom. The zero-order valence-electron chi connectivity index (χ0n) is 18.8. The SMILES string of the molecule is CC(=O)OC[C@@]1(C)[C@H]2CCC3=COC(C4=CCOC4=O)C[C@H]3[C@]2(C)CC[C@H]1OC(C)=O. The van der Waals surface area contributed by atoms with Gasteiger partial charge in [0.1, 0.15) is 25.4 Å². The van der Waals surface area contributed by atoms with Crippen LogP contribution in [0, 0.1) is 22.7 Å². The maximum absolute atomic E-state index is 12.1. The van der Waals surface area contributed by atoms with E-state index in [1.54, 1.807) is 0 Å². The van der Waals surface area contributed by atoms with Gasteiger partial charge in [-0.3, -0.25) is 9.59 Å². The molecule has 2 aliphatic heterocycles. The molecule has 0 radical (unpaired) electrons. The average molecular weight is 433 g/mol. The highest BCUT2D eigenvalue weighted by molar-refractivity contribution is 5.91. The summed E-state index contributed by atoms with van der Waals surface area (Å²) in [5.41, 5.74) is 1.33. The highest BCUT2D eigenvalue weighted by Gasteiger charge is 2.60. The van der Waals surface area contributed by atoms with E-state index in [1.807, 2.05) is 12.3 Å². The van der Waals surface area contributed by atoms with Crippen molar-refractivity contribution in [2.75, 3.05) is 13.2 Å². The van der Waals surface area contributed by atoms with Gasteiger partial charge in [-0.05, 0) is 61.0 Å². The number of hydrogen-bond donors (Lipinski definition) is 0. The molecule has 31 heavy (non-hydrogen) atoms. The quantitative estimate of drug-likeness (QED) is 0.496. The molecule has 1 unspecified atom stereocenters. The van der Waals surface area contributed by atoms with Gasteiger partial charge in [0.2, 0.25) is 0 Å². The number of hydrogen-bond acceptors (Lipinski definition) is 7. The number of rotatable bonds is 4. The van der Waals surface area contributed by atoms with E-state index in [0.717, 1.165) is 25.7 Å². The number of carbonyl (C=O) groups is 3. The van der Waals surface area contributed by atoms with Crippen LogP contribution in [-0.2, 0) is 33.3 Å². The molecule has 2 fully saturated rings. The van der Waals surface area contributed by atoms with Crippen LogP contribution in [0.4, 0.5) is 0 Å². The van der Waals surface area contributed by atoms with Gasteiger partial charge in [0.05, 0.1) is 11.8 Å². The van der Waals surface area contributed by atoms with Gasteiger partial charge < -0.3 is 18.9 Å². The van der Waals surface area contributed by atoms with Crippen LogP contribution in [0.3, 0.4) is 0 Å². The number of esters is 3. The predicted octanol–water partition coefficient (Wildman–Crippen LogP) is 3.47. The maximum Gasteiger partial charge on any atom is 0.337 e. The van der Waals surface area contributed by atoms with E-state index in [1.165, 1.54) is 19.4 Å². The highest BCUT2D eigenvalue weighted by atomic mass is 16.6. The fraction of sp³-hybridized carbons (Fsp3) is 0.708. The van der Waals surface area contributed by atoms with Crippen LogP contribution in [-0.4, -0.2) is 43.3 Å². The highest BCUT2D eigenvalue weighted by Crippen LogP contribution is 2.63. The lowest BCUT2D eigenvalue weighted by atomic mass is 9.45. The molecule has 0 aromatic heterocycles. The molecule has 7 nitrogen and oxygen atoms in total. The van der Waals surface area contributed by atoms with Gasteiger partial charge in [-0.2, -0.15) is 0 Å². The van der Waals surface area contributed by atoms with E-state index >= 15 is 0 Å². The summed E-state index contributed by atoms with van der Waals surface area (Å²) in [5.74, 6) is -0.490. The van der Waals surface area contributed by atoms with Crippen LogP contribution >= 0.6 is 0 Å². The number of fused-ring (bicyclic) bond motifs is 3. The molecule has 7 heteroatoms. The summed E-state index contributed by atoms with van der Waals surface area (Å²) in [6.45, 7) is 7.76. The monoisotopic (exact) mass is 432 g/mol. The first-order chi connectivity index (χ1) is 14.6. The molecular weight excluding hydrogens is 400 g/mol. The lowest BCUT2D eigenvalue weighted by Crippen LogP contribution is -2.59. The Morgan fingerprint density at radius 3 is 2.61 bits per heavy atom. The third-order valence-electron chi connectivity index (χ3n) is 8.07. The maximum atomic E-state index is 12.1. The van der Waals surface area contributed by atoms with E-state index in [-0.39, 0.29) is 54.0 Å². The molecule has 0 amide bonds. The molecular formula is C24H32O7. The van der Waals surface area contributed by atoms with Crippen LogP contribution < -0.4 is 0 Å². The second kappa shape index (κ2) is 7.99. The molecule has 2 aliphatic carbocycles. The van der Waals surface area contributed by atoms with Crippen LogP contribution in [0.5, 0.6) is 0 Å². The summed E-state index contributed by atoms with van der Waals surface area (Å²) >= 11 is 0. The lowest BCUT2D eigenvalue weighted by molar-refractivity contribution is -0.193. The first kappa shape index (κ1) is 21.9. The van der Waals surface area contributed by atoms with Crippen molar-refractivity contribution < 1.29 is 33.3 Å². The van der Waals surface area contributed by atoms with E-state index in [4.69, 9.17) is 18.9 Å². The third-order valence-corrected chi connectivity index (χ3v) is 8.07. The first-order valence-electron chi connectivity index (χ1n) is 11.2. The Labute approximate surface area is 183 Å². The smallest absolute Gasteiger partial charge is 0.337 e. The molecule has 0 aromatic rings. The summed E-state index contributed by atoms with van der Waals surface area (Å²) < 4.78 is 22.3. The summed E-state index contributed by atoms with van der Waals surface area (Å²) in [7, 11) is 0. The number of carbonyl (C=O) groups excluding carboxylic acids is 3. The lowest BCUT2D eigenvalue weighted by Gasteiger charge is -2.61. The summed E-state index contributed by atoms with van der Waals surface area (Å²) in [6.07, 6.45) is 7.19. The van der Waals surface area contributed by atoms with Gasteiger partial charge in [-0.15, -0.1) is 0 Å². The van der Waals surface area contributed by atoms with E-state index in [9.17, 15) is 14.4 Å². The molecule has 2 saturated carbocycles. The van der Waals surface area contributed by atoms with Gasteiger partial charge in [0.25, 0.3) is 0 Å². The van der Waals surface area contributed by atoms with Gasteiger partial charge in [-0.25, -0.2) is 4.79 Å². The topological polar surface area (TPSA) is 88.1 Å². The Hall–Kier alpha value is -2.31. The Morgan fingerprint density at radius 1 is 1.19 bits per heavy atom. The van der Waals surface area contributed by atoms with Crippen molar-refractivity contribution in [2.24, 2.45) is 22.7 Å². The third kappa shape index (κ3) is 3.76. The second-order valence-corrected chi connectivity index (χ2v) is 9.88. The van der Waals surface area contributed by atoms with Crippen LogP contribution in [0.2, 0.25) is 0 Å². The second-order valence-electron chi connectivity index (χ2n) is 9.88. The molecule has 0 aromatic carbocycles. The van der Waals surface area contributed by atoms with Gasteiger partial charge >= 0.3 is 17.9 Å². The van der Waals surface area contributed by atoms with Crippen molar-refractivity contribution in [1.82, 2.24) is 0 Å². The van der Waals surface area contributed by atoms with Crippen molar-refractivity contribution >= 4 is 17.9 Å². The minimum Gasteiger partial charge on any atom is -0.493 e. The van der Waals surface area contributed by atoms with Crippen molar-refractivity contribution in [2.45, 2.75) is 72.0 Å². The van der Waals surface area contributed by atoms with Crippen LogP contribution in [0.1, 0.15) is 59.8 Å². The first-order valence-corrected chi connectivity index (χ1v) is 11.2. The Balaban J connectivity index is 1.65. The molecule has 2 heterocycles. The standard InChI is InChI=1S/C24H32O7/c1-14(25)30-13-24(4)20-6-5-16-12-29-19(17-8-10-28-22(17)27)11-18(16)23(20,3)9-7-21(24)31-15(2)26/h8,12,18-21H,5-7,9-11,13H2,1-4H3/t18-,19?,20+,21-,23+,24+/m1/s1. The molecule has 4 aliphatic rings. The normalized spacial score (nSPS) is 39.2. The number of cyclic esters (lactones) is 1. The summed E-state index contributed by atoms with van der Waals surface area (Å²) in [6, 6.07) is 0. The van der Waals surface area contributed by atoms with E-state index < -0.39 is 5.41 Å². The van der Waals surface area contributed by atoms with Gasteiger partial charge in [0.15, 0.2) is 0 Å². The molecule has 0 spiro atoms. The molecule has 0 bridgehead atoms. The molecule has 4 rings (SSSR count).